The van der Waals surface area contributed by atoms with Crippen LogP contribution in [0.5, 0.6) is 5.75 Å². The van der Waals surface area contributed by atoms with Crippen LogP contribution >= 0.6 is 11.8 Å². The fraction of sp³-hybridized carbons (Fsp3) is 0.632. The average Bonchev–Trinajstić information content (AvgIpc) is 2.54. The van der Waals surface area contributed by atoms with Crippen LogP contribution in [-0.2, 0) is 0 Å². The molecule has 0 unspecified atom stereocenters. The molecule has 0 amide bonds. The van der Waals surface area contributed by atoms with Crippen molar-refractivity contribution in [1.29, 1.82) is 0 Å². The van der Waals surface area contributed by atoms with E-state index < -0.39 is 0 Å². The molecule has 0 aliphatic heterocycles. The van der Waals surface area contributed by atoms with Gasteiger partial charge in [0.05, 0.1) is 12.4 Å². The van der Waals surface area contributed by atoms with E-state index in [9.17, 15) is 4.79 Å². The fourth-order valence-corrected chi connectivity index (χ4v) is 4.24. The predicted octanol–water partition coefficient (Wildman–Crippen LogP) is 5.46. The zero-order valence-electron chi connectivity index (χ0n) is 14.1. The SMILES string of the molecule is CCOc1ccc(C(=O)CSC2CCCCC2)c(C(C)C)c1. The molecule has 1 aromatic carbocycles. The highest BCUT2D eigenvalue weighted by molar-refractivity contribution is 8.00. The summed E-state index contributed by atoms with van der Waals surface area (Å²) < 4.78 is 5.57. The molecule has 0 bridgehead atoms. The van der Waals surface area contributed by atoms with Gasteiger partial charge in [0.15, 0.2) is 5.78 Å². The van der Waals surface area contributed by atoms with E-state index in [4.69, 9.17) is 4.74 Å². The topological polar surface area (TPSA) is 26.3 Å². The first-order valence-corrected chi connectivity index (χ1v) is 9.58. The minimum absolute atomic E-state index is 0.266. The molecule has 3 heteroatoms. The minimum Gasteiger partial charge on any atom is -0.494 e. The van der Waals surface area contributed by atoms with Crippen LogP contribution in [0, 0.1) is 0 Å². The van der Waals surface area contributed by atoms with Gasteiger partial charge in [0, 0.05) is 10.8 Å². The number of rotatable bonds is 7. The lowest BCUT2D eigenvalue weighted by atomic mass is 9.95. The van der Waals surface area contributed by atoms with Gasteiger partial charge in [-0.05, 0) is 49.4 Å². The molecule has 0 heterocycles. The van der Waals surface area contributed by atoms with E-state index in [2.05, 4.69) is 13.8 Å². The normalized spacial score (nSPS) is 16.0. The summed E-state index contributed by atoms with van der Waals surface area (Å²) >= 11 is 1.85. The van der Waals surface area contributed by atoms with Gasteiger partial charge < -0.3 is 4.74 Å². The minimum atomic E-state index is 0.266. The first-order chi connectivity index (χ1) is 10.6. The predicted molar refractivity (Wildman–Crippen MR) is 95.4 cm³/mol. The molecule has 1 aliphatic carbocycles. The Hall–Kier alpha value is -0.960. The summed E-state index contributed by atoms with van der Waals surface area (Å²) in [5, 5.41) is 0.683. The van der Waals surface area contributed by atoms with Crippen molar-refractivity contribution in [2.24, 2.45) is 0 Å². The molecule has 0 aromatic heterocycles. The van der Waals surface area contributed by atoms with Gasteiger partial charge in [-0.3, -0.25) is 4.79 Å². The van der Waals surface area contributed by atoms with Crippen molar-refractivity contribution in [1.82, 2.24) is 0 Å². The van der Waals surface area contributed by atoms with Crippen molar-refractivity contribution in [2.75, 3.05) is 12.4 Å². The fourth-order valence-electron chi connectivity index (χ4n) is 3.03. The zero-order valence-corrected chi connectivity index (χ0v) is 14.9. The maximum Gasteiger partial charge on any atom is 0.173 e. The van der Waals surface area contributed by atoms with E-state index in [1.54, 1.807) is 0 Å². The van der Waals surface area contributed by atoms with Gasteiger partial charge in [-0.1, -0.05) is 33.1 Å². The van der Waals surface area contributed by atoms with Crippen LogP contribution < -0.4 is 4.74 Å². The van der Waals surface area contributed by atoms with E-state index in [0.717, 1.165) is 16.9 Å². The van der Waals surface area contributed by atoms with Gasteiger partial charge >= 0.3 is 0 Å². The summed E-state index contributed by atoms with van der Waals surface area (Å²) in [7, 11) is 0. The van der Waals surface area contributed by atoms with E-state index in [1.165, 1.54) is 32.1 Å². The third-order valence-corrected chi connectivity index (χ3v) is 5.63. The van der Waals surface area contributed by atoms with Crippen molar-refractivity contribution in [2.45, 2.75) is 64.0 Å². The van der Waals surface area contributed by atoms with E-state index in [1.807, 2.05) is 36.9 Å². The first-order valence-electron chi connectivity index (χ1n) is 8.53. The van der Waals surface area contributed by atoms with Gasteiger partial charge in [0.2, 0.25) is 0 Å². The molecule has 2 nitrogen and oxygen atoms in total. The Morgan fingerprint density at radius 3 is 2.64 bits per heavy atom. The van der Waals surface area contributed by atoms with Crippen molar-refractivity contribution in [3.8, 4) is 5.75 Å². The van der Waals surface area contributed by atoms with Gasteiger partial charge in [-0.2, -0.15) is 11.8 Å². The quantitative estimate of drug-likeness (QED) is 0.624. The molecule has 2 rings (SSSR count). The van der Waals surface area contributed by atoms with Gasteiger partial charge in [0.1, 0.15) is 5.75 Å². The highest BCUT2D eigenvalue weighted by atomic mass is 32.2. The molecule has 0 atom stereocenters. The highest BCUT2D eigenvalue weighted by Crippen LogP contribution is 2.30. The summed E-state index contributed by atoms with van der Waals surface area (Å²) in [6, 6.07) is 5.91. The number of carbonyl (C=O) groups excluding carboxylic acids is 1. The van der Waals surface area contributed by atoms with Crippen LogP contribution in [0.25, 0.3) is 0 Å². The maximum absolute atomic E-state index is 12.6. The van der Waals surface area contributed by atoms with Crippen molar-refractivity contribution in [3.05, 3.63) is 29.3 Å². The molecule has 1 fully saturated rings. The lowest BCUT2D eigenvalue weighted by molar-refractivity contribution is 0.102. The second kappa shape index (κ2) is 8.61. The molecule has 0 N–H and O–H groups in total. The lowest BCUT2D eigenvalue weighted by Gasteiger charge is -2.21. The number of benzene rings is 1. The Labute approximate surface area is 139 Å². The van der Waals surface area contributed by atoms with E-state index >= 15 is 0 Å². The molecule has 122 valence electrons. The van der Waals surface area contributed by atoms with Crippen LogP contribution in [0.15, 0.2) is 18.2 Å². The Kier molecular flexibility index (Phi) is 6.81. The second-order valence-corrected chi connectivity index (χ2v) is 7.62. The highest BCUT2D eigenvalue weighted by Gasteiger charge is 2.19. The Bertz CT molecular complexity index is 490. The first kappa shape index (κ1) is 17.4. The molecule has 1 aromatic rings. The summed E-state index contributed by atoms with van der Waals surface area (Å²) in [5.41, 5.74) is 1.99. The number of ether oxygens (including phenoxy) is 1. The van der Waals surface area contributed by atoms with Crippen molar-refractivity contribution >= 4 is 17.5 Å². The third-order valence-electron chi connectivity index (χ3n) is 4.26. The van der Waals surface area contributed by atoms with Crippen LogP contribution in [-0.4, -0.2) is 23.4 Å². The van der Waals surface area contributed by atoms with Crippen molar-refractivity contribution < 1.29 is 9.53 Å². The number of Topliss-reactive ketones (excluding diaryl/α,β-unsaturated/α-hetero) is 1. The van der Waals surface area contributed by atoms with Crippen molar-refractivity contribution in [3.63, 3.8) is 0 Å². The summed E-state index contributed by atoms with van der Waals surface area (Å²) in [6.45, 7) is 6.91. The summed E-state index contributed by atoms with van der Waals surface area (Å²) in [5.74, 6) is 2.07. The number of hydrogen-bond acceptors (Lipinski definition) is 3. The average molecular weight is 320 g/mol. The number of hydrogen-bond donors (Lipinski definition) is 0. The maximum atomic E-state index is 12.6. The van der Waals surface area contributed by atoms with Crippen LogP contribution in [0.4, 0.5) is 0 Å². The van der Waals surface area contributed by atoms with Crippen LogP contribution in [0.2, 0.25) is 0 Å². The zero-order chi connectivity index (χ0) is 15.9. The number of carbonyl (C=O) groups is 1. The number of ketones is 1. The molecule has 1 saturated carbocycles. The van der Waals surface area contributed by atoms with Gasteiger partial charge in [-0.15, -0.1) is 0 Å². The second-order valence-electron chi connectivity index (χ2n) is 6.33. The van der Waals surface area contributed by atoms with E-state index in [0.29, 0.717) is 23.5 Å². The smallest absolute Gasteiger partial charge is 0.173 e. The molecular weight excluding hydrogens is 292 g/mol. The monoisotopic (exact) mass is 320 g/mol. The molecular formula is C19H28O2S. The van der Waals surface area contributed by atoms with Gasteiger partial charge in [0.25, 0.3) is 0 Å². The lowest BCUT2D eigenvalue weighted by Crippen LogP contribution is -2.14. The van der Waals surface area contributed by atoms with E-state index in [-0.39, 0.29) is 5.78 Å². The molecule has 1 aliphatic rings. The summed E-state index contributed by atoms with van der Waals surface area (Å²) in [6.07, 6.45) is 6.57. The Morgan fingerprint density at radius 2 is 2.00 bits per heavy atom. The molecule has 22 heavy (non-hydrogen) atoms. The molecule has 0 spiro atoms. The Morgan fingerprint density at radius 1 is 1.27 bits per heavy atom. The van der Waals surface area contributed by atoms with Crippen LogP contribution in [0.3, 0.4) is 0 Å². The van der Waals surface area contributed by atoms with Gasteiger partial charge in [-0.25, -0.2) is 0 Å². The molecule has 0 saturated heterocycles. The Balaban J connectivity index is 2.04. The summed E-state index contributed by atoms with van der Waals surface area (Å²) in [4.78, 5) is 12.6. The standard InChI is InChI=1S/C19H28O2S/c1-4-21-15-10-11-17(18(12-15)14(2)3)19(20)13-22-16-8-6-5-7-9-16/h10-12,14,16H,4-9,13H2,1-3H3. The van der Waals surface area contributed by atoms with Crippen LogP contribution in [0.1, 0.15) is 74.7 Å². The largest absolute Gasteiger partial charge is 0.494 e. The third kappa shape index (κ3) is 4.77. The number of thioether (sulfide) groups is 1. The molecule has 0 radical (unpaired) electrons.